The first-order valence-corrected chi connectivity index (χ1v) is 8.82. The second-order valence-electron chi connectivity index (χ2n) is 3.39. The van der Waals surface area contributed by atoms with Gasteiger partial charge in [0.25, 0.3) is 0 Å². The standard InChI is InChI=1S/C10H9Br3N2S2/c11-5-1-2-16-8(5)4-7(15-14)9-3-6(12)10(13)17-9/h1-3,7,15H,4,14H2. The summed E-state index contributed by atoms with van der Waals surface area (Å²) >= 11 is 14.0. The first kappa shape index (κ1) is 14.2. The van der Waals surface area contributed by atoms with E-state index < -0.39 is 0 Å². The number of thiophene rings is 2. The molecule has 0 saturated heterocycles. The zero-order valence-electron chi connectivity index (χ0n) is 8.54. The molecule has 2 rings (SSSR count). The highest BCUT2D eigenvalue weighted by molar-refractivity contribution is 9.13. The minimum absolute atomic E-state index is 0.137. The Kier molecular flexibility index (Phi) is 5.23. The first-order chi connectivity index (χ1) is 8.11. The van der Waals surface area contributed by atoms with Gasteiger partial charge < -0.3 is 0 Å². The van der Waals surface area contributed by atoms with Gasteiger partial charge in [-0.2, -0.15) is 0 Å². The van der Waals surface area contributed by atoms with Gasteiger partial charge in [-0.3, -0.25) is 11.3 Å². The third-order valence-corrected chi connectivity index (χ3v) is 7.61. The van der Waals surface area contributed by atoms with E-state index in [9.17, 15) is 0 Å². The van der Waals surface area contributed by atoms with Crippen LogP contribution in [0, 0.1) is 0 Å². The Hall–Kier alpha value is 0.760. The van der Waals surface area contributed by atoms with Crippen molar-refractivity contribution in [1.82, 2.24) is 5.43 Å². The molecule has 0 aliphatic heterocycles. The molecule has 1 unspecified atom stereocenters. The third-order valence-electron chi connectivity index (χ3n) is 2.29. The third kappa shape index (κ3) is 3.40. The van der Waals surface area contributed by atoms with Crippen molar-refractivity contribution >= 4 is 70.5 Å². The molecule has 0 saturated carbocycles. The van der Waals surface area contributed by atoms with E-state index in [4.69, 9.17) is 5.84 Å². The molecule has 0 amide bonds. The first-order valence-electron chi connectivity index (χ1n) is 4.74. The SMILES string of the molecule is NNC(Cc1sccc1Br)c1cc(Br)c(Br)s1. The summed E-state index contributed by atoms with van der Waals surface area (Å²) in [4.78, 5) is 2.51. The van der Waals surface area contributed by atoms with Crippen LogP contribution in [-0.2, 0) is 6.42 Å². The van der Waals surface area contributed by atoms with Crippen molar-refractivity contribution in [2.24, 2.45) is 5.84 Å². The van der Waals surface area contributed by atoms with Gasteiger partial charge in [0.05, 0.1) is 9.83 Å². The van der Waals surface area contributed by atoms with E-state index in [1.54, 1.807) is 22.7 Å². The average Bonchev–Trinajstić information content (AvgIpc) is 2.83. The topological polar surface area (TPSA) is 38.0 Å². The molecule has 3 N–H and O–H groups in total. The van der Waals surface area contributed by atoms with Gasteiger partial charge in [-0.15, -0.1) is 22.7 Å². The van der Waals surface area contributed by atoms with Crippen LogP contribution in [0.4, 0.5) is 0 Å². The van der Waals surface area contributed by atoms with E-state index in [1.807, 2.05) is 0 Å². The fraction of sp³-hybridized carbons (Fsp3) is 0.200. The summed E-state index contributed by atoms with van der Waals surface area (Å²) < 4.78 is 3.32. The second-order valence-corrected chi connectivity index (χ2v) is 8.50. The van der Waals surface area contributed by atoms with Gasteiger partial charge in [0.15, 0.2) is 0 Å². The molecule has 0 aliphatic carbocycles. The molecule has 1 atom stereocenters. The molecule has 0 spiro atoms. The molecule has 2 heterocycles. The number of hydrogen-bond donors (Lipinski definition) is 2. The van der Waals surface area contributed by atoms with Gasteiger partial charge in [-0.1, -0.05) is 0 Å². The summed E-state index contributed by atoms with van der Waals surface area (Å²) in [5.74, 6) is 5.65. The minimum Gasteiger partial charge on any atom is -0.271 e. The van der Waals surface area contributed by atoms with Gasteiger partial charge in [-0.25, -0.2) is 0 Å². The van der Waals surface area contributed by atoms with Crippen molar-refractivity contribution in [3.63, 3.8) is 0 Å². The van der Waals surface area contributed by atoms with E-state index in [0.717, 1.165) is 19.2 Å². The molecule has 92 valence electrons. The Bertz CT molecular complexity index is 490. The fourth-order valence-electron chi connectivity index (χ4n) is 1.43. The maximum absolute atomic E-state index is 5.65. The summed E-state index contributed by atoms with van der Waals surface area (Å²) in [6, 6.07) is 4.30. The van der Waals surface area contributed by atoms with E-state index in [-0.39, 0.29) is 6.04 Å². The van der Waals surface area contributed by atoms with Crippen molar-refractivity contribution < 1.29 is 0 Å². The Morgan fingerprint density at radius 2 is 2.06 bits per heavy atom. The highest BCUT2D eigenvalue weighted by atomic mass is 79.9. The molecule has 17 heavy (non-hydrogen) atoms. The average molecular weight is 461 g/mol. The molecule has 0 aliphatic rings. The molecular weight excluding hydrogens is 452 g/mol. The van der Waals surface area contributed by atoms with Crippen LogP contribution in [0.5, 0.6) is 0 Å². The zero-order chi connectivity index (χ0) is 12.4. The Balaban J connectivity index is 2.20. The Morgan fingerprint density at radius 1 is 1.29 bits per heavy atom. The van der Waals surface area contributed by atoms with Crippen LogP contribution in [0.15, 0.2) is 30.2 Å². The van der Waals surface area contributed by atoms with Gasteiger partial charge >= 0.3 is 0 Å². The van der Waals surface area contributed by atoms with Crippen LogP contribution in [0.1, 0.15) is 15.8 Å². The summed E-state index contributed by atoms with van der Waals surface area (Å²) in [5.41, 5.74) is 2.88. The van der Waals surface area contributed by atoms with Gasteiger partial charge in [0, 0.05) is 25.1 Å². The lowest BCUT2D eigenvalue weighted by Crippen LogP contribution is -2.28. The predicted octanol–water partition coefficient (Wildman–Crippen LogP) is 4.84. The molecule has 0 aromatic carbocycles. The fourth-order valence-corrected chi connectivity index (χ4v) is 5.14. The lowest BCUT2D eigenvalue weighted by molar-refractivity contribution is 0.563. The van der Waals surface area contributed by atoms with Crippen LogP contribution in [0.3, 0.4) is 0 Å². The van der Waals surface area contributed by atoms with Crippen molar-refractivity contribution in [1.29, 1.82) is 0 Å². The molecule has 2 aromatic rings. The molecule has 2 nitrogen and oxygen atoms in total. The van der Waals surface area contributed by atoms with Crippen LogP contribution in [0.2, 0.25) is 0 Å². The maximum atomic E-state index is 5.65. The number of rotatable bonds is 4. The highest BCUT2D eigenvalue weighted by Crippen LogP contribution is 2.37. The largest absolute Gasteiger partial charge is 0.271 e. The minimum atomic E-state index is 0.137. The highest BCUT2D eigenvalue weighted by Gasteiger charge is 2.17. The Labute approximate surface area is 133 Å². The van der Waals surface area contributed by atoms with Crippen molar-refractivity contribution in [2.75, 3.05) is 0 Å². The van der Waals surface area contributed by atoms with E-state index in [1.165, 1.54) is 9.75 Å². The monoisotopic (exact) mass is 458 g/mol. The lowest BCUT2D eigenvalue weighted by atomic mass is 10.1. The smallest absolute Gasteiger partial charge is 0.0843 e. The van der Waals surface area contributed by atoms with Crippen LogP contribution in [-0.4, -0.2) is 0 Å². The lowest BCUT2D eigenvalue weighted by Gasteiger charge is -2.13. The van der Waals surface area contributed by atoms with Gasteiger partial charge in [0.1, 0.15) is 0 Å². The number of hydrogen-bond acceptors (Lipinski definition) is 4. The summed E-state index contributed by atoms with van der Waals surface area (Å²) in [6.07, 6.45) is 0.883. The van der Waals surface area contributed by atoms with Crippen LogP contribution >= 0.6 is 70.5 Å². The summed E-state index contributed by atoms with van der Waals surface area (Å²) in [5, 5.41) is 2.08. The molecular formula is C10H9Br3N2S2. The number of nitrogens with one attached hydrogen (secondary N) is 1. The normalized spacial score (nSPS) is 12.9. The number of hydrazine groups is 1. The molecule has 0 bridgehead atoms. The molecule has 2 aromatic heterocycles. The quantitative estimate of drug-likeness (QED) is 0.506. The summed E-state index contributed by atoms with van der Waals surface area (Å²) in [6.45, 7) is 0. The summed E-state index contributed by atoms with van der Waals surface area (Å²) in [7, 11) is 0. The molecule has 7 heteroatoms. The van der Waals surface area contributed by atoms with Crippen LogP contribution in [0.25, 0.3) is 0 Å². The molecule has 0 fully saturated rings. The maximum Gasteiger partial charge on any atom is 0.0843 e. The van der Waals surface area contributed by atoms with Crippen molar-refractivity contribution in [2.45, 2.75) is 12.5 Å². The van der Waals surface area contributed by atoms with Crippen molar-refractivity contribution in [3.8, 4) is 0 Å². The number of halogens is 3. The van der Waals surface area contributed by atoms with Crippen LogP contribution < -0.4 is 11.3 Å². The van der Waals surface area contributed by atoms with Gasteiger partial charge in [0.2, 0.25) is 0 Å². The zero-order valence-corrected chi connectivity index (χ0v) is 14.9. The number of nitrogens with two attached hydrogens (primary N) is 1. The predicted molar refractivity (Wildman–Crippen MR) is 85.5 cm³/mol. The van der Waals surface area contributed by atoms with E-state index in [0.29, 0.717) is 0 Å². The Morgan fingerprint density at radius 3 is 2.53 bits per heavy atom. The van der Waals surface area contributed by atoms with E-state index in [2.05, 4.69) is 70.7 Å². The van der Waals surface area contributed by atoms with Gasteiger partial charge in [-0.05, 0) is 65.3 Å². The van der Waals surface area contributed by atoms with E-state index >= 15 is 0 Å². The second kappa shape index (κ2) is 6.27. The van der Waals surface area contributed by atoms with Crippen molar-refractivity contribution in [3.05, 3.63) is 40.0 Å². The molecule has 0 radical (unpaired) electrons.